The van der Waals surface area contributed by atoms with Gasteiger partial charge in [-0.25, -0.2) is 0 Å². The number of aryl methyl sites for hydroxylation is 1. The van der Waals surface area contributed by atoms with E-state index >= 15 is 0 Å². The van der Waals surface area contributed by atoms with E-state index in [-0.39, 0.29) is 12.0 Å². The van der Waals surface area contributed by atoms with Gasteiger partial charge in [-0.2, -0.15) is 15.0 Å². The van der Waals surface area contributed by atoms with Crippen molar-refractivity contribution in [3.63, 3.8) is 0 Å². The van der Waals surface area contributed by atoms with Gasteiger partial charge in [-0.05, 0) is 31.9 Å². The van der Waals surface area contributed by atoms with Crippen LogP contribution < -0.4 is 9.80 Å². The van der Waals surface area contributed by atoms with Crippen LogP contribution >= 0.6 is 0 Å². The van der Waals surface area contributed by atoms with Crippen LogP contribution in [0.1, 0.15) is 55.9 Å². The molecular weight excluding hydrogens is 300 g/mol. The van der Waals surface area contributed by atoms with E-state index in [1.54, 1.807) is 0 Å². The Bertz CT molecular complexity index is 686. The molecule has 0 radical (unpaired) electrons. The molecular formula is C18H26N6. The molecule has 1 atom stereocenters. The van der Waals surface area contributed by atoms with Gasteiger partial charge in [0.15, 0.2) is 0 Å². The largest absolute Gasteiger partial charge is 0.347 e. The third-order valence-corrected chi connectivity index (χ3v) is 4.31. The predicted octanol–water partition coefficient (Wildman–Crippen LogP) is 3.11. The number of pyridine rings is 1. The van der Waals surface area contributed by atoms with E-state index in [0.29, 0.717) is 5.95 Å². The molecule has 0 saturated carbocycles. The average Bonchev–Trinajstić information content (AvgIpc) is 3.04. The molecule has 0 amide bonds. The first-order valence-corrected chi connectivity index (χ1v) is 8.59. The fraction of sp³-hybridized carbons (Fsp3) is 0.556. The first kappa shape index (κ1) is 16.6. The predicted molar refractivity (Wildman–Crippen MR) is 96.5 cm³/mol. The van der Waals surface area contributed by atoms with Crippen LogP contribution in [0, 0.1) is 6.92 Å². The number of rotatable bonds is 4. The van der Waals surface area contributed by atoms with Crippen molar-refractivity contribution in [2.75, 3.05) is 30.4 Å². The van der Waals surface area contributed by atoms with E-state index in [1.165, 1.54) is 0 Å². The molecule has 6 nitrogen and oxygen atoms in total. The van der Waals surface area contributed by atoms with Crippen molar-refractivity contribution in [1.29, 1.82) is 0 Å². The maximum Gasteiger partial charge on any atom is 0.230 e. The first-order valence-electron chi connectivity index (χ1n) is 8.59. The number of aromatic nitrogens is 4. The van der Waals surface area contributed by atoms with Gasteiger partial charge in [0.2, 0.25) is 11.9 Å². The zero-order valence-electron chi connectivity index (χ0n) is 15.2. The van der Waals surface area contributed by atoms with Crippen molar-refractivity contribution in [2.45, 2.75) is 45.6 Å². The van der Waals surface area contributed by atoms with Gasteiger partial charge in [-0.3, -0.25) is 4.98 Å². The van der Waals surface area contributed by atoms with Gasteiger partial charge in [0, 0.05) is 32.3 Å². The third-order valence-electron chi connectivity index (χ3n) is 4.31. The van der Waals surface area contributed by atoms with Gasteiger partial charge in [0.25, 0.3) is 0 Å². The summed E-state index contributed by atoms with van der Waals surface area (Å²) in [5, 5.41) is 0. The molecule has 1 aliphatic rings. The quantitative estimate of drug-likeness (QED) is 0.860. The maximum atomic E-state index is 4.74. The summed E-state index contributed by atoms with van der Waals surface area (Å²) in [6, 6.07) is 6.45. The highest BCUT2D eigenvalue weighted by atomic mass is 15.3. The zero-order chi connectivity index (χ0) is 17.3. The minimum atomic E-state index is 0.238. The fourth-order valence-electron chi connectivity index (χ4n) is 3.02. The molecule has 2 aromatic rings. The molecule has 1 unspecified atom stereocenters. The van der Waals surface area contributed by atoms with Crippen molar-refractivity contribution < 1.29 is 0 Å². The van der Waals surface area contributed by atoms with E-state index in [9.17, 15) is 0 Å². The van der Waals surface area contributed by atoms with Crippen LogP contribution in [0.15, 0.2) is 18.2 Å². The minimum Gasteiger partial charge on any atom is -0.347 e. The second-order valence-corrected chi connectivity index (χ2v) is 6.90. The highest BCUT2D eigenvalue weighted by molar-refractivity contribution is 5.42. The molecule has 6 heteroatoms. The first-order chi connectivity index (χ1) is 11.5. The van der Waals surface area contributed by atoms with Crippen molar-refractivity contribution in [3.8, 4) is 0 Å². The molecule has 128 valence electrons. The SMILES string of the molecule is Cc1cccc(C2CCCN2c2nc(C(C)C)nc(N(C)C)n2)n1. The number of hydrogen-bond acceptors (Lipinski definition) is 6. The normalized spacial score (nSPS) is 17.6. The number of hydrogen-bond donors (Lipinski definition) is 0. The van der Waals surface area contributed by atoms with E-state index < -0.39 is 0 Å². The molecule has 0 spiro atoms. The molecule has 1 aliphatic heterocycles. The van der Waals surface area contributed by atoms with Crippen LogP contribution in [0.2, 0.25) is 0 Å². The summed E-state index contributed by atoms with van der Waals surface area (Å²) >= 11 is 0. The standard InChI is InChI=1S/C18H26N6/c1-12(2)16-20-17(23(4)5)22-18(21-16)24-11-7-10-15(24)14-9-6-8-13(3)19-14/h6,8-9,12,15H,7,10-11H2,1-5H3. The molecule has 2 aromatic heterocycles. The number of nitrogens with zero attached hydrogens (tertiary/aromatic N) is 6. The average molecular weight is 326 g/mol. The Morgan fingerprint density at radius 2 is 1.92 bits per heavy atom. The fourth-order valence-corrected chi connectivity index (χ4v) is 3.02. The lowest BCUT2D eigenvalue weighted by molar-refractivity contribution is 0.663. The second-order valence-electron chi connectivity index (χ2n) is 6.90. The summed E-state index contributed by atoms with van der Waals surface area (Å²) in [6.45, 7) is 7.21. The van der Waals surface area contributed by atoms with Crippen LogP contribution in [0.3, 0.4) is 0 Å². The van der Waals surface area contributed by atoms with E-state index in [4.69, 9.17) is 15.0 Å². The minimum absolute atomic E-state index is 0.238. The van der Waals surface area contributed by atoms with Crippen LogP contribution in [0.4, 0.5) is 11.9 Å². The van der Waals surface area contributed by atoms with Crippen molar-refractivity contribution in [1.82, 2.24) is 19.9 Å². The Balaban J connectivity index is 2.00. The van der Waals surface area contributed by atoms with Crippen molar-refractivity contribution in [3.05, 3.63) is 35.4 Å². The summed E-state index contributed by atoms with van der Waals surface area (Å²) in [7, 11) is 3.93. The van der Waals surface area contributed by atoms with Gasteiger partial charge in [0.05, 0.1) is 11.7 Å². The van der Waals surface area contributed by atoms with E-state index in [0.717, 1.165) is 42.5 Å². The molecule has 3 heterocycles. The highest BCUT2D eigenvalue weighted by Gasteiger charge is 2.30. The van der Waals surface area contributed by atoms with Gasteiger partial charge < -0.3 is 9.80 Å². The Morgan fingerprint density at radius 1 is 1.12 bits per heavy atom. The van der Waals surface area contributed by atoms with Crippen LogP contribution in [0.25, 0.3) is 0 Å². The summed E-state index contributed by atoms with van der Waals surface area (Å²) in [5.74, 6) is 2.59. The van der Waals surface area contributed by atoms with E-state index in [1.807, 2.05) is 32.0 Å². The summed E-state index contributed by atoms with van der Waals surface area (Å²) in [6.07, 6.45) is 2.21. The molecule has 3 rings (SSSR count). The molecule has 24 heavy (non-hydrogen) atoms. The van der Waals surface area contributed by atoms with Crippen LogP contribution in [-0.2, 0) is 0 Å². The number of anilines is 2. The summed E-state index contributed by atoms with van der Waals surface area (Å²) in [5.41, 5.74) is 2.15. The molecule has 1 saturated heterocycles. The van der Waals surface area contributed by atoms with Gasteiger partial charge in [0.1, 0.15) is 5.82 Å². The van der Waals surface area contributed by atoms with Crippen LogP contribution in [-0.4, -0.2) is 40.6 Å². The second kappa shape index (κ2) is 6.71. The summed E-state index contributed by atoms with van der Waals surface area (Å²) in [4.78, 5) is 23.0. The Labute approximate surface area is 144 Å². The van der Waals surface area contributed by atoms with Crippen LogP contribution in [0.5, 0.6) is 0 Å². The van der Waals surface area contributed by atoms with Crippen molar-refractivity contribution in [2.24, 2.45) is 0 Å². The Morgan fingerprint density at radius 3 is 2.58 bits per heavy atom. The third kappa shape index (κ3) is 3.32. The monoisotopic (exact) mass is 326 g/mol. The topological polar surface area (TPSA) is 58.0 Å². The maximum absolute atomic E-state index is 4.74. The van der Waals surface area contributed by atoms with Gasteiger partial charge in [-0.1, -0.05) is 19.9 Å². The molecule has 0 bridgehead atoms. The molecule has 1 fully saturated rings. The van der Waals surface area contributed by atoms with Gasteiger partial charge in [-0.15, -0.1) is 0 Å². The van der Waals surface area contributed by atoms with E-state index in [2.05, 4.69) is 35.9 Å². The zero-order valence-corrected chi connectivity index (χ0v) is 15.2. The lowest BCUT2D eigenvalue weighted by Gasteiger charge is -2.26. The van der Waals surface area contributed by atoms with Gasteiger partial charge >= 0.3 is 0 Å². The Kier molecular flexibility index (Phi) is 4.64. The lowest BCUT2D eigenvalue weighted by atomic mass is 10.1. The smallest absolute Gasteiger partial charge is 0.230 e. The summed E-state index contributed by atoms with van der Waals surface area (Å²) < 4.78 is 0. The Hall–Kier alpha value is -2.24. The van der Waals surface area contributed by atoms with Crippen molar-refractivity contribution >= 4 is 11.9 Å². The highest BCUT2D eigenvalue weighted by Crippen LogP contribution is 2.34. The molecule has 0 N–H and O–H groups in total. The molecule has 0 aromatic carbocycles. The lowest BCUT2D eigenvalue weighted by Crippen LogP contribution is -2.27. The molecule has 0 aliphatic carbocycles.